The summed E-state index contributed by atoms with van der Waals surface area (Å²) in [6.45, 7) is 8.64. The number of carbonyl (C=O) groups is 2. The number of rotatable bonds is 5. The molecule has 2 heterocycles. The van der Waals surface area contributed by atoms with Crippen molar-refractivity contribution in [3.05, 3.63) is 54.0 Å². The predicted octanol–water partition coefficient (Wildman–Crippen LogP) is 2.20. The van der Waals surface area contributed by atoms with Crippen LogP contribution >= 0.6 is 0 Å². The van der Waals surface area contributed by atoms with Gasteiger partial charge >= 0.3 is 0 Å². The zero-order valence-corrected chi connectivity index (χ0v) is 16.7. The van der Waals surface area contributed by atoms with Crippen molar-refractivity contribution in [2.24, 2.45) is 0 Å². The fourth-order valence-electron chi connectivity index (χ4n) is 3.32. The number of amides is 2. The highest BCUT2D eigenvalue weighted by Gasteiger charge is 2.25. The number of aromatic nitrogens is 2. The van der Waals surface area contributed by atoms with Gasteiger partial charge in [0.05, 0.1) is 0 Å². The Morgan fingerprint density at radius 3 is 2.29 bits per heavy atom. The van der Waals surface area contributed by atoms with Gasteiger partial charge in [-0.05, 0) is 19.4 Å². The third kappa shape index (κ3) is 4.65. The summed E-state index contributed by atoms with van der Waals surface area (Å²) in [6.07, 6.45) is 1.45. The first-order chi connectivity index (χ1) is 13.5. The van der Waals surface area contributed by atoms with Gasteiger partial charge in [0, 0.05) is 51.8 Å². The molecule has 7 heteroatoms. The van der Waals surface area contributed by atoms with E-state index in [2.05, 4.69) is 40.8 Å². The quantitative estimate of drug-likeness (QED) is 0.794. The first kappa shape index (κ1) is 19.8. The summed E-state index contributed by atoms with van der Waals surface area (Å²) >= 11 is 0. The van der Waals surface area contributed by atoms with Gasteiger partial charge in [-0.2, -0.15) is 0 Å². The Labute approximate surface area is 166 Å². The lowest BCUT2D eigenvalue weighted by atomic mass is 10.2. The van der Waals surface area contributed by atoms with Crippen LogP contribution in [-0.2, 0) is 11.3 Å². The number of carbonyl (C=O) groups excluding carboxylic acids is 2. The second kappa shape index (κ2) is 8.82. The third-order valence-electron chi connectivity index (χ3n) is 5.00. The van der Waals surface area contributed by atoms with Crippen molar-refractivity contribution >= 4 is 17.6 Å². The lowest BCUT2D eigenvalue weighted by Gasteiger charge is -2.34. The molecule has 0 atom stereocenters. The first-order valence-electron chi connectivity index (χ1n) is 9.63. The number of nitrogens with zero attached hydrogens (tertiary/aromatic N) is 5. The number of benzene rings is 1. The van der Waals surface area contributed by atoms with E-state index in [1.54, 1.807) is 22.8 Å². The highest BCUT2D eigenvalue weighted by Crippen LogP contribution is 2.19. The normalized spacial score (nSPS) is 14.3. The Bertz CT molecular complexity index is 817. The van der Waals surface area contributed by atoms with Crippen molar-refractivity contribution in [2.45, 2.75) is 33.4 Å². The molecule has 148 valence electrons. The van der Waals surface area contributed by atoms with E-state index in [1.807, 2.05) is 18.2 Å². The van der Waals surface area contributed by atoms with Crippen LogP contribution in [0.3, 0.4) is 0 Å². The van der Waals surface area contributed by atoms with Gasteiger partial charge in [0.15, 0.2) is 0 Å². The molecular weight excluding hydrogens is 354 g/mol. The smallest absolute Gasteiger partial charge is 0.272 e. The summed E-state index contributed by atoms with van der Waals surface area (Å²) in [4.78, 5) is 38.7. The molecular formula is C21H27N5O2. The molecule has 0 aliphatic carbocycles. The van der Waals surface area contributed by atoms with E-state index < -0.39 is 0 Å². The highest BCUT2D eigenvalue weighted by atomic mass is 16.2. The number of piperazine rings is 1. The first-order valence-corrected chi connectivity index (χ1v) is 9.63. The van der Waals surface area contributed by atoms with Crippen LogP contribution in [0, 0.1) is 0 Å². The molecule has 1 aromatic heterocycles. The molecule has 1 aliphatic heterocycles. The third-order valence-corrected chi connectivity index (χ3v) is 5.00. The van der Waals surface area contributed by atoms with E-state index in [4.69, 9.17) is 0 Å². The molecule has 0 spiro atoms. The van der Waals surface area contributed by atoms with Crippen molar-refractivity contribution in [1.29, 1.82) is 0 Å². The van der Waals surface area contributed by atoms with Crippen LogP contribution in [0.15, 0.2) is 42.7 Å². The average Bonchev–Trinajstić information content (AvgIpc) is 2.72. The van der Waals surface area contributed by atoms with Crippen molar-refractivity contribution in [1.82, 2.24) is 19.8 Å². The van der Waals surface area contributed by atoms with Gasteiger partial charge in [0.2, 0.25) is 5.91 Å². The van der Waals surface area contributed by atoms with Crippen LogP contribution in [0.4, 0.5) is 5.82 Å². The van der Waals surface area contributed by atoms with Crippen LogP contribution in [0.25, 0.3) is 0 Å². The van der Waals surface area contributed by atoms with Crippen molar-refractivity contribution in [3.8, 4) is 0 Å². The maximum absolute atomic E-state index is 12.9. The Hall–Kier alpha value is -2.96. The lowest BCUT2D eigenvalue weighted by Crippen LogP contribution is -2.50. The monoisotopic (exact) mass is 381 g/mol. The Morgan fingerprint density at radius 1 is 1.04 bits per heavy atom. The Kier molecular flexibility index (Phi) is 6.23. The molecule has 3 rings (SSSR count). The van der Waals surface area contributed by atoms with E-state index in [0.717, 1.165) is 5.82 Å². The zero-order valence-electron chi connectivity index (χ0n) is 16.7. The molecule has 0 unspecified atom stereocenters. The topological polar surface area (TPSA) is 69.6 Å². The summed E-state index contributed by atoms with van der Waals surface area (Å²) in [7, 11) is 0. The summed E-state index contributed by atoms with van der Waals surface area (Å²) in [6, 6.07) is 12.2. The second-order valence-electron chi connectivity index (χ2n) is 7.27. The van der Waals surface area contributed by atoms with Crippen molar-refractivity contribution in [3.63, 3.8) is 0 Å². The van der Waals surface area contributed by atoms with E-state index >= 15 is 0 Å². The van der Waals surface area contributed by atoms with Gasteiger partial charge in [-0.15, -0.1) is 0 Å². The Balaban J connectivity index is 1.75. The van der Waals surface area contributed by atoms with Crippen LogP contribution in [0.1, 0.15) is 36.8 Å². The fraction of sp³-hybridized carbons (Fsp3) is 0.429. The van der Waals surface area contributed by atoms with Crippen molar-refractivity contribution < 1.29 is 9.59 Å². The number of hydrogen-bond acceptors (Lipinski definition) is 5. The minimum Gasteiger partial charge on any atom is -0.350 e. The minimum atomic E-state index is -0.115. The van der Waals surface area contributed by atoms with Crippen molar-refractivity contribution in [2.75, 3.05) is 31.1 Å². The minimum absolute atomic E-state index is 0.0462. The largest absolute Gasteiger partial charge is 0.350 e. The summed E-state index contributed by atoms with van der Waals surface area (Å²) in [5, 5.41) is 0. The SMILES string of the molecule is CC(=O)N1CCN(C(=O)c2cc(N(Cc3ccccc3)C(C)C)ncn2)CC1. The lowest BCUT2D eigenvalue weighted by molar-refractivity contribution is -0.130. The van der Waals surface area contributed by atoms with Gasteiger partial charge in [-0.1, -0.05) is 30.3 Å². The van der Waals surface area contributed by atoms with E-state index in [-0.39, 0.29) is 17.9 Å². The van der Waals surface area contributed by atoms with Gasteiger partial charge in [-0.3, -0.25) is 9.59 Å². The molecule has 1 saturated heterocycles. The second-order valence-corrected chi connectivity index (χ2v) is 7.27. The zero-order chi connectivity index (χ0) is 20.1. The van der Waals surface area contributed by atoms with Gasteiger partial charge < -0.3 is 14.7 Å². The molecule has 1 aliphatic rings. The van der Waals surface area contributed by atoms with E-state index in [9.17, 15) is 9.59 Å². The summed E-state index contributed by atoms with van der Waals surface area (Å²) < 4.78 is 0. The maximum atomic E-state index is 12.9. The van der Waals surface area contributed by atoms with Crippen LogP contribution in [0.2, 0.25) is 0 Å². The summed E-state index contributed by atoms with van der Waals surface area (Å²) in [5.41, 5.74) is 1.57. The van der Waals surface area contributed by atoms with E-state index in [1.165, 1.54) is 11.9 Å². The van der Waals surface area contributed by atoms with Gasteiger partial charge in [0.25, 0.3) is 5.91 Å². The van der Waals surface area contributed by atoms with Crippen LogP contribution in [0.5, 0.6) is 0 Å². The molecule has 2 aromatic rings. The Morgan fingerprint density at radius 2 is 1.68 bits per heavy atom. The summed E-state index contributed by atoms with van der Waals surface area (Å²) in [5.74, 6) is 0.666. The highest BCUT2D eigenvalue weighted by molar-refractivity contribution is 5.93. The molecule has 0 N–H and O–H groups in total. The standard InChI is InChI=1S/C21H27N5O2/c1-16(2)26(14-18-7-5-4-6-8-18)20-13-19(22-15-23-20)21(28)25-11-9-24(10-12-25)17(3)27/h4-8,13,15-16H,9-12,14H2,1-3H3. The molecule has 0 saturated carbocycles. The van der Waals surface area contributed by atoms with Crippen LogP contribution < -0.4 is 4.90 Å². The number of anilines is 1. The van der Waals surface area contributed by atoms with Gasteiger partial charge in [0.1, 0.15) is 17.8 Å². The van der Waals surface area contributed by atoms with Gasteiger partial charge in [-0.25, -0.2) is 9.97 Å². The molecule has 2 amide bonds. The van der Waals surface area contributed by atoms with Crippen LogP contribution in [-0.4, -0.2) is 63.8 Å². The molecule has 0 radical (unpaired) electrons. The fourth-order valence-corrected chi connectivity index (χ4v) is 3.32. The maximum Gasteiger partial charge on any atom is 0.272 e. The number of hydrogen-bond donors (Lipinski definition) is 0. The molecule has 1 fully saturated rings. The predicted molar refractivity (Wildman–Crippen MR) is 108 cm³/mol. The average molecular weight is 381 g/mol. The molecule has 7 nitrogen and oxygen atoms in total. The molecule has 0 bridgehead atoms. The molecule has 1 aromatic carbocycles. The van der Waals surface area contributed by atoms with E-state index in [0.29, 0.717) is 38.4 Å². The molecule has 28 heavy (non-hydrogen) atoms.